The van der Waals surface area contributed by atoms with Gasteiger partial charge in [0.05, 0.1) is 24.0 Å². The maximum absolute atomic E-state index is 12.0. The zero-order chi connectivity index (χ0) is 12.0. The lowest BCUT2D eigenvalue weighted by Crippen LogP contribution is -2.21. The summed E-state index contributed by atoms with van der Waals surface area (Å²) in [5.41, 5.74) is 1.33. The lowest BCUT2D eigenvalue weighted by Gasteiger charge is -2.12. The molecule has 2 atom stereocenters. The summed E-state index contributed by atoms with van der Waals surface area (Å²) in [6, 6.07) is 0. The van der Waals surface area contributed by atoms with Crippen LogP contribution in [0.4, 0.5) is 0 Å². The Labute approximate surface area is 98.5 Å². The molecule has 0 saturated carbocycles. The lowest BCUT2D eigenvalue weighted by molar-refractivity contribution is 0.0700. The van der Waals surface area contributed by atoms with Crippen LogP contribution in [0, 0.1) is 0 Å². The Morgan fingerprint density at radius 1 is 1.59 bits per heavy atom. The SMILES string of the molecule is C=C(OCC)c1nc2c(c(=O)[nH]1)C1CCC2O1. The van der Waals surface area contributed by atoms with Crippen LogP contribution in [0.2, 0.25) is 0 Å². The molecular weight excluding hydrogens is 220 g/mol. The number of aromatic nitrogens is 2. The van der Waals surface area contributed by atoms with Crippen molar-refractivity contribution in [3.05, 3.63) is 34.0 Å². The molecule has 0 spiro atoms. The zero-order valence-corrected chi connectivity index (χ0v) is 9.66. The standard InChI is InChI=1S/C12H14N2O3/c1-3-16-6(2)11-13-10-8-5-4-7(17-8)9(10)12(15)14-11/h7-8H,2-5H2,1H3,(H,13,14,15). The Balaban J connectivity index is 2.06. The summed E-state index contributed by atoms with van der Waals surface area (Å²) < 4.78 is 10.9. The van der Waals surface area contributed by atoms with E-state index in [1.54, 1.807) is 0 Å². The van der Waals surface area contributed by atoms with E-state index in [1.807, 2.05) is 6.92 Å². The minimum Gasteiger partial charge on any atom is -0.491 e. The average Bonchev–Trinajstić information content (AvgIpc) is 2.90. The van der Waals surface area contributed by atoms with Crippen molar-refractivity contribution in [3.63, 3.8) is 0 Å². The minimum atomic E-state index is -0.127. The van der Waals surface area contributed by atoms with Crippen LogP contribution >= 0.6 is 0 Å². The number of rotatable bonds is 3. The molecule has 2 aliphatic heterocycles. The number of nitrogens with zero attached hydrogens (tertiary/aromatic N) is 1. The Kier molecular flexibility index (Phi) is 2.29. The van der Waals surface area contributed by atoms with Gasteiger partial charge in [-0.3, -0.25) is 4.79 Å². The van der Waals surface area contributed by atoms with Crippen molar-refractivity contribution in [1.29, 1.82) is 0 Å². The molecule has 2 aliphatic rings. The van der Waals surface area contributed by atoms with E-state index in [9.17, 15) is 4.79 Å². The van der Waals surface area contributed by atoms with Gasteiger partial charge in [0.15, 0.2) is 11.6 Å². The molecule has 90 valence electrons. The largest absolute Gasteiger partial charge is 0.491 e. The van der Waals surface area contributed by atoms with Crippen molar-refractivity contribution in [3.8, 4) is 0 Å². The van der Waals surface area contributed by atoms with Gasteiger partial charge in [0, 0.05) is 0 Å². The summed E-state index contributed by atoms with van der Waals surface area (Å²) in [7, 11) is 0. The van der Waals surface area contributed by atoms with Gasteiger partial charge in [-0.1, -0.05) is 6.58 Å². The van der Waals surface area contributed by atoms with Crippen molar-refractivity contribution in [1.82, 2.24) is 9.97 Å². The van der Waals surface area contributed by atoms with Crippen molar-refractivity contribution < 1.29 is 9.47 Å². The number of H-pyrrole nitrogens is 1. The van der Waals surface area contributed by atoms with Crippen LogP contribution in [-0.2, 0) is 9.47 Å². The fourth-order valence-electron chi connectivity index (χ4n) is 2.48. The molecule has 0 radical (unpaired) electrons. The number of aromatic amines is 1. The van der Waals surface area contributed by atoms with E-state index < -0.39 is 0 Å². The molecule has 1 N–H and O–H groups in total. The molecule has 17 heavy (non-hydrogen) atoms. The number of fused-ring (bicyclic) bond motifs is 5. The van der Waals surface area contributed by atoms with E-state index in [0.29, 0.717) is 23.8 Å². The number of ether oxygens (including phenoxy) is 2. The molecule has 1 aromatic heterocycles. The highest BCUT2D eigenvalue weighted by Gasteiger charge is 2.41. The first-order chi connectivity index (χ1) is 8.20. The van der Waals surface area contributed by atoms with Crippen molar-refractivity contribution in [2.24, 2.45) is 0 Å². The molecule has 0 amide bonds. The summed E-state index contributed by atoms with van der Waals surface area (Å²) in [5.74, 6) is 0.807. The molecule has 2 bridgehead atoms. The fourth-order valence-corrected chi connectivity index (χ4v) is 2.48. The molecule has 1 fully saturated rings. The molecule has 1 saturated heterocycles. The van der Waals surface area contributed by atoms with Crippen LogP contribution < -0.4 is 5.56 Å². The van der Waals surface area contributed by atoms with E-state index in [0.717, 1.165) is 18.5 Å². The topological polar surface area (TPSA) is 64.2 Å². The van der Waals surface area contributed by atoms with Crippen LogP contribution in [0.5, 0.6) is 0 Å². The van der Waals surface area contributed by atoms with Gasteiger partial charge in [-0.25, -0.2) is 4.98 Å². The van der Waals surface area contributed by atoms with Gasteiger partial charge in [0.2, 0.25) is 0 Å². The normalized spacial score (nSPS) is 24.8. The number of hydrogen-bond donors (Lipinski definition) is 1. The lowest BCUT2D eigenvalue weighted by atomic mass is 9.97. The third-order valence-electron chi connectivity index (χ3n) is 3.21. The predicted octanol–water partition coefficient (Wildman–Crippen LogP) is 1.68. The molecular formula is C12H14N2O3. The first-order valence-electron chi connectivity index (χ1n) is 5.82. The van der Waals surface area contributed by atoms with E-state index in [1.165, 1.54) is 0 Å². The fraction of sp³-hybridized carbons (Fsp3) is 0.500. The third-order valence-corrected chi connectivity index (χ3v) is 3.21. The molecule has 3 heterocycles. The van der Waals surface area contributed by atoms with Gasteiger partial charge >= 0.3 is 0 Å². The van der Waals surface area contributed by atoms with E-state index in [2.05, 4.69) is 16.5 Å². The molecule has 5 heteroatoms. The van der Waals surface area contributed by atoms with E-state index in [-0.39, 0.29) is 17.8 Å². The van der Waals surface area contributed by atoms with E-state index >= 15 is 0 Å². The summed E-state index contributed by atoms with van der Waals surface area (Å²) in [6.45, 7) is 6.11. The van der Waals surface area contributed by atoms with Gasteiger partial charge < -0.3 is 14.5 Å². The summed E-state index contributed by atoms with van der Waals surface area (Å²) in [4.78, 5) is 19.1. The highest BCUT2D eigenvalue weighted by Crippen LogP contribution is 2.48. The predicted molar refractivity (Wildman–Crippen MR) is 61.3 cm³/mol. The number of nitrogens with one attached hydrogen (secondary N) is 1. The Bertz CT molecular complexity index is 535. The van der Waals surface area contributed by atoms with Crippen LogP contribution in [0.1, 0.15) is 49.1 Å². The second kappa shape index (κ2) is 3.70. The Morgan fingerprint density at radius 3 is 3.12 bits per heavy atom. The van der Waals surface area contributed by atoms with Crippen molar-refractivity contribution >= 4 is 5.76 Å². The van der Waals surface area contributed by atoms with Gasteiger partial charge in [0.25, 0.3) is 5.56 Å². The zero-order valence-electron chi connectivity index (χ0n) is 9.66. The first-order valence-corrected chi connectivity index (χ1v) is 5.82. The quantitative estimate of drug-likeness (QED) is 0.808. The Hall–Kier alpha value is -1.62. The van der Waals surface area contributed by atoms with Gasteiger partial charge in [0.1, 0.15) is 6.10 Å². The summed E-state index contributed by atoms with van der Waals surface area (Å²) in [5, 5.41) is 0. The molecule has 5 nitrogen and oxygen atoms in total. The summed E-state index contributed by atoms with van der Waals surface area (Å²) >= 11 is 0. The minimum absolute atomic E-state index is 0.0227. The van der Waals surface area contributed by atoms with Gasteiger partial charge in [-0.2, -0.15) is 0 Å². The van der Waals surface area contributed by atoms with Crippen LogP contribution in [0.3, 0.4) is 0 Å². The highest BCUT2D eigenvalue weighted by molar-refractivity contribution is 5.50. The Morgan fingerprint density at radius 2 is 2.35 bits per heavy atom. The molecule has 0 aromatic carbocycles. The third kappa shape index (κ3) is 1.50. The second-order valence-corrected chi connectivity index (χ2v) is 4.26. The van der Waals surface area contributed by atoms with Crippen LogP contribution in [0.25, 0.3) is 5.76 Å². The van der Waals surface area contributed by atoms with Gasteiger partial charge in [-0.05, 0) is 19.8 Å². The monoisotopic (exact) mass is 234 g/mol. The average molecular weight is 234 g/mol. The van der Waals surface area contributed by atoms with Crippen molar-refractivity contribution in [2.45, 2.75) is 32.0 Å². The molecule has 2 unspecified atom stereocenters. The smallest absolute Gasteiger partial charge is 0.257 e. The highest BCUT2D eigenvalue weighted by atomic mass is 16.5. The van der Waals surface area contributed by atoms with Crippen LogP contribution in [-0.4, -0.2) is 16.6 Å². The van der Waals surface area contributed by atoms with E-state index in [4.69, 9.17) is 9.47 Å². The second-order valence-electron chi connectivity index (χ2n) is 4.26. The van der Waals surface area contributed by atoms with Crippen LogP contribution in [0.15, 0.2) is 11.4 Å². The maximum Gasteiger partial charge on any atom is 0.257 e. The molecule has 1 aromatic rings. The molecule has 3 rings (SSSR count). The maximum atomic E-state index is 12.0. The van der Waals surface area contributed by atoms with Gasteiger partial charge in [-0.15, -0.1) is 0 Å². The summed E-state index contributed by atoms with van der Waals surface area (Å²) in [6.07, 6.45) is 1.76. The molecule has 0 aliphatic carbocycles. The number of hydrogen-bond acceptors (Lipinski definition) is 4. The first kappa shape index (κ1) is 10.5. The van der Waals surface area contributed by atoms with Crippen molar-refractivity contribution in [2.75, 3.05) is 6.61 Å².